The molecule has 0 aliphatic carbocycles. The van der Waals surface area contributed by atoms with Crippen molar-refractivity contribution >= 4 is 45.3 Å². The van der Waals surface area contributed by atoms with Crippen LogP contribution in [0.25, 0.3) is 22.6 Å². The lowest BCUT2D eigenvalue weighted by Crippen LogP contribution is -2.02. The van der Waals surface area contributed by atoms with E-state index in [0.717, 1.165) is 9.13 Å². The van der Waals surface area contributed by atoms with Gasteiger partial charge in [-0.25, -0.2) is 9.78 Å². The number of esters is 1. The third-order valence-electron chi connectivity index (χ3n) is 3.01. The standard InChI is InChI=1S/C15H11IN2O3/c1-20-15(19)11-6-10(17)7-12-13(11)21-14(18-12)8-2-4-9(16)5-3-8/h2-7H,17H2,1H3. The van der Waals surface area contributed by atoms with Crippen LogP contribution in [0.5, 0.6) is 0 Å². The van der Waals surface area contributed by atoms with E-state index in [4.69, 9.17) is 14.9 Å². The summed E-state index contributed by atoms with van der Waals surface area (Å²) >= 11 is 2.22. The molecule has 0 aliphatic rings. The van der Waals surface area contributed by atoms with Gasteiger partial charge in [0, 0.05) is 14.8 Å². The monoisotopic (exact) mass is 394 g/mol. The Balaban J connectivity index is 2.19. The number of anilines is 1. The number of carbonyl (C=O) groups is 1. The Kier molecular flexibility index (Phi) is 3.54. The average molecular weight is 394 g/mol. The van der Waals surface area contributed by atoms with Crippen molar-refractivity contribution in [3.8, 4) is 11.5 Å². The summed E-state index contributed by atoms with van der Waals surface area (Å²) in [5.74, 6) is -0.0604. The van der Waals surface area contributed by atoms with Gasteiger partial charge in [-0.2, -0.15) is 0 Å². The molecule has 5 nitrogen and oxygen atoms in total. The summed E-state index contributed by atoms with van der Waals surface area (Å²) < 4.78 is 11.6. The van der Waals surface area contributed by atoms with Gasteiger partial charge in [-0.15, -0.1) is 0 Å². The van der Waals surface area contributed by atoms with Crippen molar-refractivity contribution in [1.29, 1.82) is 0 Å². The van der Waals surface area contributed by atoms with E-state index in [1.165, 1.54) is 13.2 Å². The SMILES string of the molecule is COC(=O)c1cc(N)cc2nc(-c3ccc(I)cc3)oc12. The Bertz CT molecular complexity index is 825. The van der Waals surface area contributed by atoms with Gasteiger partial charge in [-0.05, 0) is 59.0 Å². The number of rotatable bonds is 2. The van der Waals surface area contributed by atoms with Crippen LogP contribution in [0.4, 0.5) is 5.69 Å². The summed E-state index contributed by atoms with van der Waals surface area (Å²) in [6.45, 7) is 0. The number of nitrogen functional groups attached to an aromatic ring is 1. The number of halogens is 1. The highest BCUT2D eigenvalue weighted by molar-refractivity contribution is 14.1. The number of aromatic nitrogens is 1. The third-order valence-corrected chi connectivity index (χ3v) is 3.73. The van der Waals surface area contributed by atoms with Gasteiger partial charge >= 0.3 is 5.97 Å². The summed E-state index contributed by atoms with van der Waals surface area (Å²) in [5.41, 5.74) is 8.25. The molecule has 6 heteroatoms. The highest BCUT2D eigenvalue weighted by atomic mass is 127. The van der Waals surface area contributed by atoms with E-state index >= 15 is 0 Å². The summed E-state index contributed by atoms with van der Waals surface area (Å²) in [5, 5.41) is 0. The van der Waals surface area contributed by atoms with Crippen LogP contribution in [-0.4, -0.2) is 18.1 Å². The maximum Gasteiger partial charge on any atom is 0.341 e. The number of ether oxygens (including phenoxy) is 1. The molecule has 0 saturated heterocycles. The maximum atomic E-state index is 11.8. The van der Waals surface area contributed by atoms with E-state index in [9.17, 15) is 4.79 Å². The molecule has 21 heavy (non-hydrogen) atoms. The number of nitrogens with two attached hydrogens (primary N) is 1. The molecular formula is C15H11IN2O3. The molecule has 0 saturated carbocycles. The second-order valence-electron chi connectivity index (χ2n) is 4.43. The van der Waals surface area contributed by atoms with Crippen LogP contribution in [0, 0.1) is 3.57 Å². The van der Waals surface area contributed by atoms with Crippen molar-refractivity contribution < 1.29 is 13.9 Å². The fourth-order valence-electron chi connectivity index (χ4n) is 2.03. The number of oxazole rings is 1. The minimum Gasteiger partial charge on any atom is -0.465 e. The summed E-state index contributed by atoms with van der Waals surface area (Å²) in [4.78, 5) is 16.2. The Labute approximate surface area is 134 Å². The lowest BCUT2D eigenvalue weighted by atomic mass is 10.2. The van der Waals surface area contributed by atoms with Crippen molar-refractivity contribution in [2.24, 2.45) is 0 Å². The van der Waals surface area contributed by atoms with E-state index in [1.807, 2.05) is 24.3 Å². The lowest BCUT2D eigenvalue weighted by Gasteiger charge is -2.00. The Morgan fingerprint density at radius 2 is 2.00 bits per heavy atom. The lowest BCUT2D eigenvalue weighted by molar-refractivity contribution is 0.0602. The van der Waals surface area contributed by atoms with Crippen LogP contribution in [0.2, 0.25) is 0 Å². The highest BCUT2D eigenvalue weighted by Gasteiger charge is 2.18. The quantitative estimate of drug-likeness (QED) is 0.409. The first-order valence-corrected chi connectivity index (χ1v) is 7.20. The summed E-state index contributed by atoms with van der Waals surface area (Å²) in [6.07, 6.45) is 0. The smallest absolute Gasteiger partial charge is 0.341 e. The van der Waals surface area contributed by atoms with Crippen molar-refractivity contribution in [1.82, 2.24) is 4.98 Å². The molecule has 0 atom stereocenters. The molecular weight excluding hydrogens is 383 g/mol. The van der Waals surface area contributed by atoms with E-state index in [-0.39, 0.29) is 5.56 Å². The zero-order valence-corrected chi connectivity index (χ0v) is 13.2. The fourth-order valence-corrected chi connectivity index (χ4v) is 2.39. The summed E-state index contributed by atoms with van der Waals surface area (Å²) in [6, 6.07) is 10.9. The molecule has 106 valence electrons. The Hall–Kier alpha value is -2.09. The third kappa shape index (κ3) is 2.58. The van der Waals surface area contributed by atoms with E-state index in [1.54, 1.807) is 6.07 Å². The van der Waals surface area contributed by atoms with Gasteiger partial charge in [-0.1, -0.05) is 0 Å². The van der Waals surface area contributed by atoms with Gasteiger partial charge < -0.3 is 14.9 Å². The zero-order valence-electron chi connectivity index (χ0n) is 11.1. The highest BCUT2D eigenvalue weighted by Crippen LogP contribution is 2.29. The van der Waals surface area contributed by atoms with E-state index in [2.05, 4.69) is 27.6 Å². The fraction of sp³-hybridized carbons (Fsp3) is 0.0667. The van der Waals surface area contributed by atoms with Gasteiger partial charge in [0.1, 0.15) is 11.1 Å². The Morgan fingerprint density at radius 1 is 1.29 bits per heavy atom. The number of hydrogen-bond acceptors (Lipinski definition) is 5. The second kappa shape index (κ2) is 5.36. The normalized spacial score (nSPS) is 10.8. The minimum absolute atomic E-state index is 0.275. The first-order valence-electron chi connectivity index (χ1n) is 6.13. The topological polar surface area (TPSA) is 78.4 Å². The van der Waals surface area contributed by atoms with Gasteiger partial charge in [0.2, 0.25) is 5.89 Å². The molecule has 0 spiro atoms. The molecule has 2 aromatic carbocycles. The Morgan fingerprint density at radius 3 is 2.67 bits per heavy atom. The van der Waals surface area contributed by atoms with Crippen molar-refractivity contribution in [3.63, 3.8) is 0 Å². The molecule has 2 N–H and O–H groups in total. The number of carbonyl (C=O) groups excluding carboxylic acids is 1. The van der Waals surface area contributed by atoms with Gasteiger partial charge in [-0.3, -0.25) is 0 Å². The molecule has 0 amide bonds. The zero-order chi connectivity index (χ0) is 15.0. The molecule has 3 aromatic rings. The van der Waals surface area contributed by atoms with Crippen LogP contribution in [0.3, 0.4) is 0 Å². The van der Waals surface area contributed by atoms with Crippen LogP contribution >= 0.6 is 22.6 Å². The second-order valence-corrected chi connectivity index (χ2v) is 5.68. The first kappa shape index (κ1) is 13.9. The molecule has 3 rings (SSSR count). The number of nitrogens with zero attached hydrogens (tertiary/aromatic N) is 1. The van der Waals surface area contributed by atoms with Crippen LogP contribution in [0.15, 0.2) is 40.8 Å². The first-order chi connectivity index (χ1) is 10.1. The number of methoxy groups -OCH3 is 1. The van der Waals surface area contributed by atoms with Gasteiger partial charge in [0.05, 0.1) is 7.11 Å². The van der Waals surface area contributed by atoms with Crippen molar-refractivity contribution in [3.05, 3.63) is 45.5 Å². The van der Waals surface area contributed by atoms with Crippen LogP contribution in [0.1, 0.15) is 10.4 Å². The summed E-state index contributed by atoms with van der Waals surface area (Å²) in [7, 11) is 1.31. The minimum atomic E-state index is -0.502. The molecule has 0 bridgehead atoms. The molecule has 0 radical (unpaired) electrons. The number of hydrogen-bond donors (Lipinski definition) is 1. The molecule has 0 aliphatic heterocycles. The number of fused-ring (bicyclic) bond motifs is 1. The predicted molar refractivity (Wildman–Crippen MR) is 87.9 cm³/mol. The number of benzene rings is 2. The van der Waals surface area contributed by atoms with E-state index in [0.29, 0.717) is 22.7 Å². The largest absolute Gasteiger partial charge is 0.465 e. The van der Waals surface area contributed by atoms with E-state index < -0.39 is 5.97 Å². The average Bonchev–Trinajstić information content (AvgIpc) is 2.89. The molecule has 0 fully saturated rings. The predicted octanol–water partition coefficient (Wildman–Crippen LogP) is 3.47. The molecule has 1 aromatic heterocycles. The van der Waals surface area contributed by atoms with Crippen LogP contribution in [-0.2, 0) is 4.74 Å². The van der Waals surface area contributed by atoms with Gasteiger partial charge in [0.25, 0.3) is 0 Å². The van der Waals surface area contributed by atoms with Crippen molar-refractivity contribution in [2.45, 2.75) is 0 Å². The maximum absolute atomic E-state index is 11.8. The molecule has 1 heterocycles. The van der Waals surface area contributed by atoms with Crippen molar-refractivity contribution in [2.75, 3.05) is 12.8 Å². The van der Waals surface area contributed by atoms with Gasteiger partial charge in [0.15, 0.2) is 5.58 Å². The molecule has 0 unspecified atom stereocenters. The van der Waals surface area contributed by atoms with Crippen LogP contribution < -0.4 is 5.73 Å².